The van der Waals surface area contributed by atoms with Crippen LogP contribution < -0.4 is 10.6 Å². The van der Waals surface area contributed by atoms with E-state index in [0.29, 0.717) is 0 Å². The molecule has 0 saturated carbocycles. The van der Waals surface area contributed by atoms with Crippen LogP contribution in [0.3, 0.4) is 0 Å². The minimum atomic E-state index is -1.51. The number of urea groups is 1. The Kier molecular flexibility index (Phi) is 5.24. The van der Waals surface area contributed by atoms with E-state index in [1.165, 1.54) is 18.2 Å². The first-order valence-corrected chi connectivity index (χ1v) is 8.34. The van der Waals surface area contributed by atoms with E-state index in [2.05, 4.69) is 10.6 Å². The number of rotatable bonds is 4. The van der Waals surface area contributed by atoms with Crippen molar-refractivity contribution in [3.05, 3.63) is 64.7 Å². The Morgan fingerprint density at radius 2 is 2.11 bits per heavy atom. The molecule has 2 atom stereocenters. The van der Waals surface area contributed by atoms with Crippen molar-refractivity contribution in [1.82, 2.24) is 10.2 Å². The van der Waals surface area contributed by atoms with Gasteiger partial charge in [0.25, 0.3) is 0 Å². The second kappa shape index (κ2) is 7.62. The van der Waals surface area contributed by atoms with E-state index in [-0.39, 0.29) is 22.4 Å². The molecule has 0 aliphatic carbocycles. The molecule has 2 aromatic carbocycles. The van der Waals surface area contributed by atoms with Crippen LogP contribution in [0, 0.1) is 23.0 Å². The Labute approximate surface area is 159 Å². The van der Waals surface area contributed by atoms with Gasteiger partial charge in [-0.2, -0.15) is 5.26 Å². The molecule has 28 heavy (non-hydrogen) atoms. The molecule has 0 spiro atoms. The first kappa shape index (κ1) is 19.3. The third kappa shape index (κ3) is 3.77. The highest BCUT2D eigenvalue weighted by molar-refractivity contribution is 5.95. The molecule has 0 saturated heterocycles. The molecule has 0 fully saturated rings. The number of aliphatic hydroxyl groups is 1. The summed E-state index contributed by atoms with van der Waals surface area (Å²) in [7, 11) is 0. The van der Waals surface area contributed by atoms with Gasteiger partial charge in [0, 0.05) is 11.1 Å². The predicted molar refractivity (Wildman–Crippen MR) is 94.8 cm³/mol. The number of benzene rings is 2. The Morgan fingerprint density at radius 3 is 2.79 bits per heavy atom. The van der Waals surface area contributed by atoms with E-state index in [9.17, 15) is 23.5 Å². The first-order chi connectivity index (χ1) is 13.3. The zero-order chi connectivity index (χ0) is 20.4. The van der Waals surface area contributed by atoms with E-state index >= 15 is 0 Å². The van der Waals surface area contributed by atoms with Crippen LogP contribution in [0.25, 0.3) is 0 Å². The highest BCUT2D eigenvalue weighted by Crippen LogP contribution is 2.31. The molecule has 3 N–H and O–H groups in total. The number of anilines is 1. The summed E-state index contributed by atoms with van der Waals surface area (Å²) in [6, 6.07) is 7.76. The number of nitrogens with zero attached hydrogens (tertiary/aromatic N) is 2. The maximum atomic E-state index is 14.1. The summed E-state index contributed by atoms with van der Waals surface area (Å²) < 4.78 is 27.5. The lowest BCUT2D eigenvalue weighted by molar-refractivity contribution is -0.124. The Balaban J connectivity index is 1.71. The molecule has 0 radical (unpaired) electrons. The summed E-state index contributed by atoms with van der Waals surface area (Å²) in [6.07, 6.45) is -1.51. The summed E-state index contributed by atoms with van der Waals surface area (Å²) in [5, 5.41) is 24.1. The van der Waals surface area contributed by atoms with Crippen molar-refractivity contribution in [3.63, 3.8) is 0 Å². The molecule has 3 rings (SSSR count). The molecule has 1 aliphatic rings. The predicted octanol–water partition coefficient (Wildman–Crippen LogP) is 2.55. The number of aliphatic hydroxyl groups excluding tert-OH is 1. The zero-order valence-corrected chi connectivity index (χ0v) is 14.7. The van der Waals surface area contributed by atoms with Crippen LogP contribution >= 0.6 is 0 Å². The van der Waals surface area contributed by atoms with Crippen molar-refractivity contribution in [1.29, 1.82) is 5.26 Å². The van der Waals surface area contributed by atoms with E-state index in [1.807, 2.05) is 6.07 Å². The molecule has 144 valence electrons. The van der Waals surface area contributed by atoms with Gasteiger partial charge in [0.15, 0.2) is 6.23 Å². The van der Waals surface area contributed by atoms with E-state index in [4.69, 9.17) is 5.26 Å². The molecule has 9 heteroatoms. The quantitative estimate of drug-likeness (QED) is 0.751. The first-order valence-electron chi connectivity index (χ1n) is 8.34. The van der Waals surface area contributed by atoms with Crippen LogP contribution in [0.4, 0.5) is 19.3 Å². The number of amides is 3. The van der Waals surface area contributed by atoms with Crippen LogP contribution in [-0.4, -0.2) is 28.5 Å². The van der Waals surface area contributed by atoms with Crippen LogP contribution in [0.15, 0.2) is 36.4 Å². The summed E-state index contributed by atoms with van der Waals surface area (Å²) in [4.78, 5) is 25.3. The smallest absolute Gasteiger partial charge is 0.324 e. The third-order valence-corrected chi connectivity index (χ3v) is 4.38. The molecular weight excluding hydrogens is 370 g/mol. The second-order valence-electron chi connectivity index (χ2n) is 6.30. The van der Waals surface area contributed by atoms with Crippen LogP contribution in [0.1, 0.15) is 35.9 Å². The molecule has 1 heterocycles. The lowest BCUT2D eigenvalue weighted by Gasteiger charge is -2.33. The second-order valence-corrected chi connectivity index (χ2v) is 6.30. The van der Waals surface area contributed by atoms with Gasteiger partial charge in [-0.25, -0.2) is 13.6 Å². The van der Waals surface area contributed by atoms with Gasteiger partial charge in [0.1, 0.15) is 18.2 Å². The fourth-order valence-corrected chi connectivity index (χ4v) is 2.95. The molecular formula is C19H16F2N4O3. The fraction of sp³-hybridized carbons (Fsp3) is 0.211. The number of nitrogens with one attached hydrogen (secondary N) is 2. The molecule has 3 amide bonds. The molecule has 2 aromatic rings. The highest BCUT2D eigenvalue weighted by Gasteiger charge is 2.33. The number of carbonyl (C=O) groups excluding carboxylic acids is 2. The van der Waals surface area contributed by atoms with Crippen molar-refractivity contribution < 1.29 is 23.5 Å². The zero-order valence-electron chi connectivity index (χ0n) is 14.7. The molecule has 2 unspecified atom stereocenters. The van der Waals surface area contributed by atoms with Crippen LogP contribution in [0.2, 0.25) is 0 Å². The minimum Gasteiger partial charge on any atom is -0.369 e. The number of halogens is 2. The molecule has 7 nitrogen and oxygen atoms in total. The summed E-state index contributed by atoms with van der Waals surface area (Å²) >= 11 is 0. The average molecular weight is 386 g/mol. The van der Waals surface area contributed by atoms with E-state index in [0.717, 1.165) is 23.1 Å². The Bertz CT molecular complexity index is 990. The van der Waals surface area contributed by atoms with Gasteiger partial charge in [-0.3, -0.25) is 9.69 Å². The van der Waals surface area contributed by atoms with Crippen LogP contribution in [-0.2, 0) is 4.79 Å². The van der Waals surface area contributed by atoms with Crippen molar-refractivity contribution in [2.24, 2.45) is 0 Å². The molecule has 1 aliphatic heterocycles. The fourth-order valence-electron chi connectivity index (χ4n) is 2.95. The van der Waals surface area contributed by atoms with Crippen molar-refractivity contribution >= 4 is 17.6 Å². The van der Waals surface area contributed by atoms with Crippen molar-refractivity contribution in [2.75, 3.05) is 11.9 Å². The number of carbonyl (C=O) groups is 2. The van der Waals surface area contributed by atoms with Gasteiger partial charge in [-0.15, -0.1) is 0 Å². The van der Waals surface area contributed by atoms with Crippen molar-refractivity contribution in [3.8, 4) is 6.07 Å². The standard InChI is InChI=1S/C19H16F2N4O3/c1-10(13-4-2-11(8-22)6-15(13)21)23-17(26)9-25-18(27)14-7-12(20)3-5-16(14)24-19(25)28/h2-7,10,18,27H,9H2,1H3,(H,23,26)(H,24,28). The maximum Gasteiger partial charge on any atom is 0.324 e. The largest absolute Gasteiger partial charge is 0.369 e. The number of nitriles is 1. The topological polar surface area (TPSA) is 105 Å². The van der Waals surface area contributed by atoms with Crippen molar-refractivity contribution in [2.45, 2.75) is 19.2 Å². The van der Waals surface area contributed by atoms with Gasteiger partial charge < -0.3 is 15.7 Å². The van der Waals surface area contributed by atoms with Gasteiger partial charge in [0.2, 0.25) is 5.91 Å². The number of hydrogen-bond donors (Lipinski definition) is 3. The lowest BCUT2D eigenvalue weighted by Crippen LogP contribution is -2.47. The monoisotopic (exact) mass is 386 g/mol. The normalized spacial score (nSPS) is 16.6. The van der Waals surface area contributed by atoms with Gasteiger partial charge in [-0.1, -0.05) is 6.07 Å². The van der Waals surface area contributed by atoms with E-state index < -0.39 is 42.4 Å². The maximum absolute atomic E-state index is 14.1. The highest BCUT2D eigenvalue weighted by atomic mass is 19.1. The molecule has 0 aromatic heterocycles. The Hall–Kier alpha value is -3.51. The lowest BCUT2D eigenvalue weighted by atomic mass is 10.1. The Morgan fingerprint density at radius 1 is 1.36 bits per heavy atom. The average Bonchev–Trinajstić information content (AvgIpc) is 2.65. The number of fused-ring (bicyclic) bond motifs is 1. The van der Waals surface area contributed by atoms with Gasteiger partial charge >= 0.3 is 6.03 Å². The van der Waals surface area contributed by atoms with Gasteiger partial charge in [0.05, 0.1) is 23.4 Å². The summed E-state index contributed by atoms with van der Waals surface area (Å²) in [5.74, 6) is -1.89. The van der Waals surface area contributed by atoms with Crippen LogP contribution in [0.5, 0.6) is 0 Å². The third-order valence-electron chi connectivity index (χ3n) is 4.38. The van der Waals surface area contributed by atoms with E-state index in [1.54, 1.807) is 6.92 Å². The minimum absolute atomic E-state index is 0.124. The van der Waals surface area contributed by atoms with Gasteiger partial charge in [-0.05, 0) is 37.3 Å². The molecule has 0 bridgehead atoms. The SMILES string of the molecule is CC(NC(=O)CN1C(=O)Nc2ccc(F)cc2C1O)c1ccc(C#N)cc1F. The number of hydrogen-bond acceptors (Lipinski definition) is 4. The summed E-state index contributed by atoms with van der Waals surface area (Å²) in [5.41, 5.74) is 0.698. The summed E-state index contributed by atoms with van der Waals surface area (Å²) in [6.45, 7) is 1.02.